The van der Waals surface area contributed by atoms with Crippen LogP contribution < -0.4 is 10.5 Å². The molecule has 2 atom stereocenters. The Hall–Kier alpha value is -1.84. The van der Waals surface area contributed by atoms with Crippen LogP contribution in [0.5, 0.6) is 5.75 Å². The topological polar surface area (TPSA) is 55.5 Å². The molecule has 2 aromatic rings. The molecular weight excluding hydrogens is 226 g/mol. The van der Waals surface area contributed by atoms with Crippen LogP contribution in [0.15, 0.2) is 54.6 Å². The van der Waals surface area contributed by atoms with Gasteiger partial charge in [0.05, 0.1) is 19.3 Å². The number of aliphatic hydroxyl groups excluding tert-OH is 1. The number of hydrogen-bond acceptors (Lipinski definition) is 3. The molecule has 2 rings (SSSR count). The first-order chi connectivity index (χ1) is 8.72. The predicted molar refractivity (Wildman–Crippen MR) is 71.3 cm³/mol. The van der Waals surface area contributed by atoms with Crippen molar-refractivity contribution < 1.29 is 9.84 Å². The van der Waals surface area contributed by atoms with Gasteiger partial charge in [0.15, 0.2) is 0 Å². The highest BCUT2D eigenvalue weighted by atomic mass is 16.5. The molecule has 3 N–H and O–H groups in total. The molecule has 2 aromatic carbocycles. The van der Waals surface area contributed by atoms with Crippen LogP contribution in [0.1, 0.15) is 23.3 Å². The van der Waals surface area contributed by atoms with Gasteiger partial charge in [0.25, 0.3) is 0 Å². The molecule has 3 heteroatoms. The van der Waals surface area contributed by atoms with Gasteiger partial charge in [-0.2, -0.15) is 0 Å². The molecule has 0 fully saturated rings. The van der Waals surface area contributed by atoms with E-state index in [0.717, 1.165) is 11.1 Å². The Bertz CT molecular complexity index is 499. The van der Waals surface area contributed by atoms with E-state index in [1.807, 2.05) is 48.5 Å². The largest absolute Gasteiger partial charge is 0.497 e. The Kier molecular flexibility index (Phi) is 3.97. The molecule has 0 spiro atoms. The van der Waals surface area contributed by atoms with Gasteiger partial charge in [-0.3, -0.25) is 0 Å². The van der Waals surface area contributed by atoms with E-state index in [4.69, 9.17) is 10.5 Å². The standard InChI is InChI=1S/C15H17NO2/c1-18-13-9-5-8-12(10-13)15(17)14(16)11-6-3-2-4-7-11/h2-10,14-15,17H,16H2,1H3. The third kappa shape index (κ3) is 2.70. The van der Waals surface area contributed by atoms with E-state index in [-0.39, 0.29) is 0 Å². The highest BCUT2D eigenvalue weighted by Crippen LogP contribution is 2.28. The molecule has 0 bridgehead atoms. The zero-order chi connectivity index (χ0) is 13.0. The Morgan fingerprint density at radius 1 is 1.00 bits per heavy atom. The maximum Gasteiger partial charge on any atom is 0.119 e. The lowest BCUT2D eigenvalue weighted by Gasteiger charge is -2.20. The Morgan fingerprint density at radius 3 is 2.33 bits per heavy atom. The van der Waals surface area contributed by atoms with Crippen LogP contribution in [0, 0.1) is 0 Å². The summed E-state index contributed by atoms with van der Waals surface area (Å²) in [6.45, 7) is 0. The minimum Gasteiger partial charge on any atom is -0.497 e. The van der Waals surface area contributed by atoms with E-state index in [1.54, 1.807) is 13.2 Å². The van der Waals surface area contributed by atoms with Crippen LogP contribution in [0.4, 0.5) is 0 Å². The third-order valence-corrected chi connectivity index (χ3v) is 2.96. The van der Waals surface area contributed by atoms with Gasteiger partial charge in [0.2, 0.25) is 0 Å². The normalized spacial score (nSPS) is 13.9. The van der Waals surface area contributed by atoms with Crippen molar-refractivity contribution in [3.8, 4) is 5.75 Å². The van der Waals surface area contributed by atoms with Gasteiger partial charge in [-0.25, -0.2) is 0 Å². The van der Waals surface area contributed by atoms with Gasteiger partial charge in [0.1, 0.15) is 5.75 Å². The van der Waals surface area contributed by atoms with Crippen LogP contribution >= 0.6 is 0 Å². The number of benzene rings is 2. The van der Waals surface area contributed by atoms with E-state index in [9.17, 15) is 5.11 Å². The molecule has 94 valence electrons. The number of methoxy groups -OCH3 is 1. The highest BCUT2D eigenvalue weighted by Gasteiger charge is 2.18. The Morgan fingerprint density at radius 2 is 1.67 bits per heavy atom. The molecule has 0 aromatic heterocycles. The molecule has 0 saturated carbocycles. The molecule has 2 unspecified atom stereocenters. The zero-order valence-electron chi connectivity index (χ0n) is 10.3. The number of ether oxygens (including phenoxy) is 1. The van der Waals surface area contributed by atoms with Crippen molar-refractivity contribution in [1.82, 2.24) is 0 Å². The smallest absolute Gasteiger partial charge is 0.119 e. The summed E-state index contributed by atoms with van der Waals surface area (Å²) < 4.78 is 5.14. The van der Waals surface area contributed by atoms with Crippen LogP contribution in [-0.2, 0) is 0 Å². The molecule has 0 saturated heterocycles. The summed E-state index contributed by atoms with van der Waals surface area (Å²) in [5.41, 5.74) is 7.74. The number of nitrogens with two attached hydrogens (primary N) is 1. The van der Waals surface area contributed by atoms with Gasteiger partial charge in [-0.15, -0.1) is 0 Å². The molecule has 0 heterocycles. The van der Waals surface area contributed by atoms with Crippen LogP contribution in [0.25, 0.3) is 0 Å². The zero-order valence-corrected chi connectivity index (χ0v) is 10.3. The average Bonchev–Trinajstić information content (AvgIpc) is 2.46. The van der Waals surface area contributed by atoms with Crippen molar-refractivity contribution in [3.63, 3.8) is 0 Å². The molecule has 0 aliphatic heterocycles. The summed E-state index contributed by atoms with van der Waals surface area (Å²) >= 11 is 0. The van der Waals surface area contributed by atoms with Crippen molar-refractivity contribution in [3.05, 3.63) is 65.7 Å². The third-order valence-electron chi connectivity index (χ3n) is 2.96. The van der Waals surface area contributed by atoms with Gasteiger partial charge < -0.3 is 15.6 Å². The first-order valence-electron chi connectivity index (χ1n) is 5.85. The monoisotopic (exact) mass is 243 g/mol. The second-order valence-electron chi connectivity index (χ2n) is 4.16. The summed E-state index contributed by atoms with van der Waals surface area (Å²) in [5, 5.41) is 10.3. The summed E-state index contributed by atoms with van der Waals surface area (Å²) in [6.07, 6.45) is -0.748. The minimum absolute atomic E-state index is 0.446. The SMILES string of the molecule is COc1cccc(C(O)C(N)c2ccccc2)c1. The van der Waals surface area contributed by atoms with E-state index in [1.165, 1.54) is 0 Å². The van der Waals surface area contributed by atoms with Gasteiger partial charge in [0, 0.05) is 0 Å². The fraction of sp³-hybridized carbons (Fsp3) is 0.200. The average molecular weight is 243 g/mol. The molecule has 3 nitrogen and oxygen atoms in total. The van der Waals surface area contributed by atoms with Crippen molar-refractivity contribution in [2.45, 2.75) is 12.1 Å². The quantitative estimate of drug-likeness (QED) is 0.867. The molecule has 0 amide bonds. The van der Waals surface area contributed by atoms with Crippen molar-refractivity contribution in [2.24, 2.45) is 5.73 Å². The molecule has 0 radical (unpaired) electrons. The number of aliphatic hydroxyl groups is 1. The van der Waals surface area contributed by atoms with E-state index >= 15 is 0 Å². The number of hydrogen-bond donors (Lipinski definition) is 2. The summed E-state index contributed by atoms with van der Waals surface area (Å²) in [7, 11) is 1.60. The first-order valence-corrected chi connectivity index (χ1v) is 5.85. The molecule has 0 aliphatic carbocycles. The first kappa shape index (κ1) is 12.6. The summed E-state index contributed by atoms with van der Waals surface area (Å²) in [4.78, 5) is 0. The lowest BCUT2D eigenvalue weighted by Crippen LogP contribution is -2.19. The minimum atomic E-state index is -0.748. The maximum atomic E-state index is 10.3. The van der Waals surface area contributed by atoms with E-state index in [2.05, 4.69) is 0 Å². The summed E-state index contributed by atoms with van der Waals surface area (Å²) in [5.74, 6) is 0.715. The fourth-order valence-electron chi connectivity index (χ4n) is 1.89. The van der Waals surface area contributed by atoms with Gasteiger partial charge in [-0.05, 0) is 23.3 Å². The lowest BCUT2D eigenvalue weighted by atomic mass is 9.96. The van der Waals surface area contributed by atoms with Gasteiger partial charge in [-0.1, -0.05) is 42.5 Å². The molecule has 18 heavy (non-hydrogen) atoms. The Balaban J connectivity index is 2.22. The predicted octanol–water partition coefficient (Wildman–Crippen LogP) is 2.43. The Labute approximate surface area is 107 Å². The molecular formula is C15H17NO2. The van der Waals surface area contributed by atoms with Crippen LogP contribution in [0.2, 0.25) is 0 Å². The lowest BCUT2D eigenvalue weighted by molar-refractivity contribution is 0.146. The second-order valence-corrected chi connectivity index (χ2v) is 4.16. The van der Waals surface area contributed by atoms with E-state index < -0.39 is 12.1 Å². The highest BCUT2D eigenvalue weighted by molar-refractivity contribution is 5.32. The van der Waals surface area contributed by atoms with Crippen molar-refractivity contribution in [2.75, 3.05) is 7.11 Å². The van der Waals surface area contributed by atoms with Gasteiger partial charge >= 0.3 is 0 Å². The van der Waals surface area contributed by atoms with Crippen molar-refractivity contribution in [1.29, 1.82) is 0 Å². The second kappa shape index (κ2) is 5.67. The summed E-state index contributed by atoms with van der Waals surface area (Å²) in [6, 6.07) is 16.4. The molecule has 0 aliphatic rings. The maximum absolute atomic E-state index is 10.3. The van der Waals surface area contributed by atoms with Crippen molar-refractivity contribution >= 4 is 0 Å². The fourth-order valence-corrected chi connectivity index (χ4v) is 1.89. The van der Waals surface area contributed by atoms with Crippen LogP contribution in [-0.4, -0.2) is 12.2 Å². The van der Waals surface area contributed by atoms with E-state index in [0.29, 0.717) is 5.75 Å². The number of rotatable bonds is 4. The van der Waals surface area contributed by atoms with Crippen LogP contribution in [0.3, 0.4) is 0 Å².